The van der Waals surface area contributed by atoms with Gasteiger partial charge in [-0.1, -0.05) is 6.07 Å². The van der Waals surface area contributed by atoms with Gasteiger partial charge in [-0.2, -0.15) is 0 Å². The van der Waals surface area contributed by atoms with E-state index in [1.807, 2.05) is 6.92 Å². The number of hydrogen-bond acceptors (Lipinski definition) is 4. The van der Waals surface area contributed by atoms with Crippen molar-refractivity contribution in [3.8, 4) is 11.5 Å². The Morgan fingerprint density at radius 2 is 2.06 bits per heavy atom. The lowest BCUT2D eigenvalue weighted by Crippen LogP contribution is -2.47. The highest BCUT2D eigenvalue weighted by Crippen LogP contribution is 2.27. The van der Waals surface area contributed by atoms with Crippen molar-refractivity contribution in [1.82, 2.24) is 10.6 Å². The number of rotatable bonds is 2. The van der Waals surface area contributed by atoms with Crippen LogP contribution < -0.4 is 10.6 Å². The Morgan fingerprint density at radius 1 is 1.41 bits per heavy atom. The number of nitrogens with one attached hydrogen (secondary N) is 2. The van der Waals surface area contributed by atoms with E-state index in [1.165, 1.54) is 18.2 Å². The zero-order chi connectivity index (χ0) is 12.5. The molecule has 0 saturated carbocycles. The summed E-state index contributed by atoms with van der Waals surface area (Å²) in [6.07, 6.45) is 0.826. The van der Waals surface area contributed by atoms with Crippen molar-refractivity contribution in [2.24, 2.45) is 0 Å². The fourth-order valence-corrected chi connectivity index (χ4v) is 2.02. The molecule has 17 heavy (non-hydrogen) atoms. The van der Waals surface area contributed by atoms with Crippen LogP contribution in [0.4, 0.5) is 0 Å². The first-order valence-electron chi connectivity index (χ1n) is 5.56. The van der Waals surface area contributed by atoms with Crippen molar-refractivity contribution in [3.63, 3.8) is 0 Å². The second-order valence-electron chi connectivity index (χ2n) is 4.61. The molecule has 2 rings (SSSR count). The van der Waals surface area contributed by atoms with Gasteiger partial charge in [-0.15, -0.1) is 0 Å². The van der Waals surface area contributed by atoms with Gasteiger partial charge in [0.05, 0.1) is 5.54 Å². The van der Waals surface area contributed by atoms with Crippen molar-refractivity contribution in [2.75, 3.05) is 13.1 Å². The lowest BCUT2D eigenvalue weighted by atomic mass is 10.0. The predicted molar refractivity (Wildman–Crippen MR) is 63.1 cm³/mol. The maximum absolute atomic E-state index is 12.0. The van der Waals surface area contributed by atoms with Gasteiger partial charge in [-0.3, -0.25) is 4.79 Å². The Bertz CT molecular complexity index is 419. The van der Waals surface area contributed by atoms with E-state index in [0.717, 1.165) is 13.0 Å². The molecule has 5 heteroatoms. The molecule has 0 spiro atoms. The summed E-state index contributed by atoms with van der Waals surface area (Å²) in [6.45, 7) is 3.47. The van der Waals surface area contributed by atoms with Crippen LogP contribution in [0, 0.1) is 0 Å². The molecule has 1 unspecified atom stereocenters. The molecule has 0 bridgehead atoms. The fourth-order valence-electron chi connectivity index (χ4n) is 2.02. The number of phenolic OH excluding ortho intramolecular Hbond substituents is 2. The molecule has 1 saturated heterocycles. The summed E-state index contributed by atoms with van der Waals surface area (Å²) in [5, 5.41) is 25.2. The van der Waals surface area contributed by atoms with Crippen LogP contribution in [-0.4, -0.2) is 34.7 Å². The monoisotopic (exact) mass is 236 g/mol. The maximum Gasteiger partial charge on any atom is 0.259 e. The minimum Gasteiger partial charge on any atom is -0.507 e. The van der Waals surface area contributed by atoms with Gasteiger partial charge in [0.2, 0.25) is 0 Å². The standard InChI is InChI=1S/C12H16N2O3/c1-12(5-6-13-7-12)14-11(17)10-8(15)3-2-4-9(10)16/h2-4,13,15-16H,5-7H2,1H3,(H,14,17). The molecule has 0 radical (unpaired) electrons. The zero-order valence-electron chi connectivity index (χ0n) is 9.66. The summed E-state index contributed by atoms with van der Waals surface area (Å²) in [5.74, 6) is -0.874. The van der Waals surface area contributed by atoms with Crippen LogP contribution in [0.15, 0.2) is 18.2 Å². The van der Waals surface area contributed by atoms with Crippen molar-refractivity contribution < 1.29 is 15.0 Å². The van der Waals surface area contributed by atoms with Gasteiger partial charge in [0.15, 0.2) is 0 Å². The predicted octanol–water partition coefficient (Wildman–Crippen LogP) is 0.580. The largest absolute Gasteiger partial charge is 0.507 e. The first-order chi connectivity index (χ1) is 8.02. The minimum absolute atomic E-state index is 0.0689. The number of carbonyl (C=O) groups is 1. The molecule has 4 N–H and O–H groups in total. The molecule has 1 aliphatic heterocycles. The molecular formula is C12H16N2O3. The smallest absolute Gasteiger partial charge is 0.259 e. The normalized spacial score (nSPS) is 23.6. The summed E-state index contributed by atoms with van der Waals surface area (Å²) < 4.78 is 0. The Kier molecular flexibility index (Phi) is 2.93. The number of amides is 1. The second kappa shape index (κ2) is 4.25. The van der Waals surface area contributed by atoms with Crippen LogP contribution in [0.25, 0.3) is 0 Å². The highest BCUT2D eigenvalue weighted by molar-refractivity contribution is 5.99. The summed E-state index contributed by atoms with van der Waals surface area (Å²) in [4.78, 5) is 12.0. The molecule has 1 aromatic rings. The van der Waals surface area contributed by atoms with Crippen molar-refractivity contribution in [2.45, 2.75) is 18.9 Å². The first-order valence-corrected chi connectivity index (χ1v) is 5.56. The van der Waals surface area contributed by atoms with E-state index in [1.54, 1.807) is 0 Å². The van der Waals surface area contributed by atoms with Crippen molar-refractivity contribution in [1.29, 1.82) is 0 Å². The number of benzene rings is 1. The van der Waals surface area contributed by atoms with E-state index >= 15 is 0 Å². The lowest BCUT2D eigenvalue weighted by molar-refractivity contribution is 0.0907. The number of phenols is 2. The maximum atomic E-state index is 12.0. The highest BCUT2D eigenvalue weighted by Gasteiger charge is 2.31. The zero-order valence-corrected chi connectivity index (χ0v) is 9.66. The van der Waals surface area contributed by atoms with E-state index in [9.17, 15) is 15.0 Å². The molecule has 1 heterocycles. The molecule has 5 nitrogen and oxygen atoms in total. The molecular weight excluding hydrogens is 220 g/mol. The van der Waals surface area contributed by atoms with Crippen LogP contribution in [0.5, 0.6) is 11.5 Å². The third-order valence-corrected chi connectivity index (χ3v) is 3.03. The molecule has 1 aromatic carbocycles. The van der Waals surface area contributed by atoms with Gasteiger partial charge in [-0.05, 0) is 32.0 Å². The molecule has 1 atom stereocenters. The van der Waals surface area contributed by atoms with Crippen LogP contribution in [-0.2, 0) is 0 Å². The summed E-state index contributed by atoms with van der Waals surface area (Å²) in [7, 11) is 0. The van der Waals surface area contributed by atoms with Crippen LogP contribution in [0.2, 0.25) is 0 Å². The quantitative estimate of drug-likeness (QED) is 0.605. The van der Waals surface area contributed by atoms with E-state index in [0.29, 0.717) is 6.54 Å². The molecule has 1 amide bonds. The first kappa shape index (κ1) is 11.7. The summed E-state index contributed by atoms with van der Waals surface area (Å²) in [6, 6.07) is 4.24. The molecule has 0 aromatic heterocycles. The van der Waals surface area contributed by atoms with Gasteiger partial charge >= 0.3 is 0 Å². The summed E-state index contributed by atoms with van der Waals surface area (Å²) in [5.41, 5.74) is -0.396. The van der Waals surface area contributed by atoms with Crippen LogP contribution >= 0.6 is 0 Å². The SMILES string of the molecule is CC1(NC(=O)c2c(O)cccc2O)CCNC1. The van der Waals surface area contributed by atoms with Crippen molar-refractivity contribution in [3.05, 3.63) is 23.8 Å². The minimum atomic E-state index is -0.452. The lowest BCUT2D eigenvalue weighted by Gasteiger charge is -2.24. The fraction of sp³-hybridized carbons (Fsp3) is 0.417. The molecule has 0 aliphatic carbocycles. The number of hydrogen-bond donors (Lipinski definition) is 4. The van der Waals surface area contributed by atoms with Crippen LogP contribution in [0.1, 0.15) is 23.7 Å². The molecule has 1 fully saturated rings. The van der Waals surface area contributed by atoms with Crippen LogP contribution in [0.3, 0.4) is 0 Å². The average Bonchev–Trinajstić information content (AvgIpc) is 2.64. The van der Waals surface area contributed by atoms with Gasteiger partial charge in [-0.25, -0.2) is 0 Å². The topological polar surface area (TPSA) is 81.6 Å². The summed E-state index contributed by atoms with van der Waals surface area (Å²) >= 11 is 0. The Morgan fingerprint density at radius 3 is 2.59 bits per heavy atom. The van der Waals surface area contributed by atoms with Gasteiger partial charge in [0.25, 0.3) is 5.91 Å². The van der Waals surface area contributed by atoms with Gasteiger partial charge in [0.1, 0.15) is 17.1 Å². The van der Waals surface area contributed by atoms with E-state index in [4.69, 9.17) is 0 Å². The number of carbonyl (C=O) groups excluding carboxylic acids is 1. The Labute approximate surface area is 99.5 Å². The number of aromatic hydroxyl groups is 2. The third-order valence-electron chi connectivity index (χ3n) is 3.03. The van der Waals surface area contributed by atoms with Gasteiger partial charge in [0, 0.05) is 6.54 Å². The van der Waals surface area contributed by atoms with Crippen molar-refractivity contribution >= 4 is 5.91 Å². The van der Waals surface area contributed by atoms with Gasteiger partial charge < -0.3 is 20.8 Å². The molecule has 92 valence electrons. The van der Waals surface area contributed by atoms with E-state index < -0.39 is 5.91 Å². The third kappa shape index (κ3) is 2.34. The van der Waals surface area contributed by atoms with E-state index in [-0.39, 0.29) is 22.6 Å². The average molecular weight is 236 g/mol. The molecule has 1 aliphatic rings. The Hall–Kier alpha value is -1.75. The highest BCUT2D eigenvalue weighted by atomic mass is 16.3. The Balaban J connectivity index is 2.20. The second-order valence-corrected chi connectivity index (χ2v) is 4.61. The van der Waals surface area contributed by atoms with E-state index in [2.05, 4.69) is 10.6 Å².